The maximum absolute atomic E-state index is 11.0. The van der Waals surface area contributed by atoms with Gasteiger partial charge in [-0.1, -0.05) is 25.1 Å². The molecule has 0 spiro atoms. The molecule has 0 bridgehead atoms. The molecule has 0 amide bonds. The number of fused-ring (bicyclic) bond motifs is 1. The first-order valence-electron chi connectivity index (χ1n) is 6.04. The van der Waals surface area contributed by atoms with Crippen molar-refractivity contribution in [2.75, 3.05) is 0 Å². The topological polar surface area (TPSA) is 68.0 Å². The van der Waals surface area contributed by atoms with Gasteiger partial charge in [0.05, 0.1) is 0 Å². The quantitative estimate of drug-likeness (QED) is 0.833. The zero-order valence-corrected chi connectivity index (χ0v) is 10.7. The molecule has 94 valence electrons. The highest BCUT2D eigenvalue weighted by molar-refractivity contribution is 8.00. The smallest absolute Gasteiger partial charge is 0.317 e. The number of aryl methyl sites for hydroxylation is 1. The highest BCUT2D eigenvalue weighted by Crippen LogP contribution is 2.26. The highest BCUT2D eigenvalue weighted by Gasteiger charge is 2.22. The monoisotopic (exact) mass is 255 g/mol. The number of carboxylic acid groups (broad SMARTS) is 1. The summed E-state index contributed by atoms with van der Waals surface area (Å²) in [7, 11) is 0. The summed E-state index contributed by atoms with van der Waals surface area (Å²) in [4.78, 5) is 11.0. The van der Waals surface area contributed by atoms with Crippen LogP contribution in [0.3, 0.4) is 0 Å². The highest BCUT2D eigenvalue weighted by atomic mass is 32.2. The Morgan fingerprint density at radius 1 is 1.47 bits per heavy atom. The number of thioether (sulfide) groups is 1. The Bertz CT molecular complexity index is 405. The molecule has 0 saturated heterocycles. The number of rotatable bonds is 4. The minimum Gasteiger partial charge on any atom is -0.480 e. The molecule has 5 nitrogen and oxygen atoms in total. The van der Waals surface area contributed by atoms with Gasteiger partial charge in [-0.2, -0.15) is 0 Å². The first-order valence-corrected chi connectivity index (χ1v) is 6.92. The molecule has 1 aliphatic rings. The van der Waals surface area contributed by atoms with E-state index in [0.717, 1.165) is 36.8 Å². The van der Waals surface area contributed by atoms with E-state index in [0.29, 0.717) is 6.42 Å². The minimum absolute atomic E-state index is 0.424. The van der Waals surface area contributed by atoms with Gasteiger partial charge >= 0.3 is 5.97 Å². The lowest BCUT2D eigenvalue weighted by molar-refractivity contribution is -0.136. The summed E-state index contributed by atoms with van der Waals surface area (Å²) in [6.07, 6.45) is 5.05. The molecule has 0 saturated carbocycles. The Hall–Kier alpha value is -1.04. The van der Waals surface area contributed by atoms with Crippen LogP contribution in [0.4, 0.5) is 0 Å². The summed E-state index contributed by atoms with van der Waals surface area (Å²) in [5.74, 6) is 0.230. The molecule has 1 aliphatic heterocycles. The van der Waals surface area contributed by atoms with Crippen molar-refractivity contribution in [1.82, 2.24) is 14.8 Å². The Balaban J connectivity index is 2.16. The van der Waals surface area contributed by atoms with Crippen LogP contribution in [0.1, 0.15) is 38.4 Å². The van der Waals surface area contributed by atoms with Crippen LogP contribution in [0.25, 0.3) is 0 Å². The van der Waals surface area contributed by atoms with E-state index in [2.05, 4.69) is 14.8 Å². The summed E-state index contributed by atoms with van der Waals surface area (Å²) in [5, 5.41) is 17.7. The maximum Gasteiger partial charge on any atom is 0.317 e. The van der Waals surface area contributed by atoms with Crippen LogP contribution in [0, 0.1) is 0 Å². The van der Waals surface area contributed by atoms with Crippen LogP contribution < -0.4 is 0 Å². The molecule has 6 heteroatoms. The van der Waals surface area contributed by atoms with Gasteiger partial charge in [-0.25, -0.2) is 0 Å². The molecule has 2 rings (SSSR count). The van der Waals surface area contributed by atoms with E-state index in [1.165, 1.54) is 18.2 Å². The Morgan fingerprint density at radius 3 is 3.00 bits per heavy atom. The molecular formula is C11H17N3O2S. The maximum atomic E-state index is 11.0. The molecule has 0 radical (unpaired) electrons. The minimum atomic E-state index is -0.775. The molecule has 1 atom stereocenters. The van der Waals surface area contributed by atoms with Crippen LogP contribution in [0.15, 0.2) is 5.16 Å². The van der Waals surface area contributed by atoms with Crippen molar-refractivity contribution in [2.24, 2.45) is 0 Å². The lowest BCUT2D eigenvalue weighted by atomic mass is 10.2. The van der Waals surface area contributed by atoms with E-state index in [-0.39, 0.29) is 0 Å². The molecule has 1 aromatic heterocycles. The van der Waals surface area contributed by atoms with Crippen LogP contribution in [-0.4, -0.2) is 31.1 Å². The summed E-state index contributed by atoms with van der Waals surface area (Å²) >= 11 is 1.32. The van der Waals surface area contributed by atoms with Gasteiger partial charge in [-0.3, -0.25) is 4.79 Å². The molecule has 1 N–H and O–H groups in total. The second-order valence-electron chi connectivity index (χ2n) is 4.21. The van der Waals surface area contributed by atoms with Crippen molar-refractivity contribution >= 4 is 17.7 Å². The van der Waals surface area contributed by atoms with Crippen molar-refractivity contribution in [2.45, 2.75) is 56.0 Å². The van der Waals surface area contributed by atoms with E-state index in [9.17, 15) is 4.79 Å². The van der Waals surface area contributed by atoms with Gasteiger partial charge in [0.15, 0.2) is 5.16 Å². The third-order valence-corrected chi connectivity index (χ3v) is 4.30. The zero-order chi connectivity index (χ0) is 12.3. The Kier molecular flexibility index (Phi) is 4.04. The molecule has 0 aromatic carbocycles. The van der Waals surface area contributed by atoms with Crippen LogP contribution in [0.5, 0.6) is 0 Å². The second kappa shape index (κ2) is 5.53. The molecule has 17 heavy (non-hydrogen) atoms. The average Bonchev–Trinajstić information content (AvgIpc) is 2.54. The van der Waals surface area contributed by atoms with E-state index in [1.54, 1.807) is 0 Å². The van der Waals surface area contributed by atoms with Gasteiger partial charge in [0.1, 0.15) is 11.1 Å². The summed E-state index contributed by atoms with van der Waals surface area (Å²) in [6.45, 7) is 2.80. The van der Waals surface area contributed by atoms with Gasteiger partial charge in [-0.05, 0) is 19.3 Å². The first-order chi connectivity index (χ1) is 8.22. The van der Waals surface area contributed by atoms with Gasteiger partial charge in [0.25, 0.3) is 0 Å². The number of carboxylic acids is 1. The second-order valence-corrected chi connectivity index (χ2v) is 5.38. The molecule has 1 aromatic rings. The van der Waals surface area contributed by atoms with E-state index in [4.69, 9.17) is 5.11 Å². The number of hydrogen-bond donors (Lipinski definition) is 1. The zero-order valence-electron chi connectivity index (χ0n) is 9.93. The number of hydrogen-bond acceptors (Lipinski definition) is 4. The normalized spacial score (nSPS) is 17.2. The van der Waals surface area contributed by atoms with E-state index >= 15 is 0 Å². The van der Waals surface area contributed by atoms with Crippen LogP contribution in [-0.2, 0) is 17.8 Å². The van der Waals surface area contributed by atoms with E-state index < -0.39 is 11.2 Å². The Morgan fingerprint density at radius 2 is 2.29 bits per heavy atom. The molecule has 0 fully saturated rings. The fourth-order valence-corrected chi connectivity index (χ4v) is 2.91. The van der Waals surface area contributed by atoms with Crippen molar-refractivity contribution in [3.05, 3.63) is 5.82 Å². The summed E-state index contributed by atoms with van der Waals surface area (Å²) in [6, 6.07) is 0. The lowest BCUT2D eigenvalue weighted by Crippen LogP contribution is -2.16. The summed E-state index contributed by atoms with van der Waals surface area (Å²) in [5.41, 5.74) is 0. The molecule has 0 unspecified atom stereocenters. The van der Waals surface area contributed by atoms with Gasteiger partial charge in [0.2, 0.25) is 0 Å². The number of aliphatic carboxylic acids is 1. The largest absolute Gasteiger partial charge is 0.480 e. The lowest BCUT2D eigenvalue weighted by Gasteiger charge is -2.10. The van der Waals surface area contributed by atoms with Gasteiger partial charge in [-0.15, -0.1) is 10.2 Å². The van der Waals surface area contributed by atoms with E-state index in [1.807, 2.05) is 6.92 Å². The summed E-state index contributed by atoms with van der Waals surface area (Å²) < 4.78 is 2.09. The standard InChI is InChI=1S/C11H17N3O2S/c1-2-8(10(15)16)17-11-13-12-9-6-4-3-5-7-14(9)11/h8H,2-7H2,1H3,(H,15,16)/t8-/m1/s1. The van der Waals surface area contributed by atoms with Crippen LogP contribution in [0.2, 0.25) is 0 Å². The SMILES string of the molecule is CC[C@@H](Sc1nnc2n1CCCCC2)C(=O)O. The number of aromatic nitrogens is 3. The molecule has 0 aliphatic carbocycles. The third-order valence-electron chi connectivity index (χ3n) is 2.97. The van der Waals surface area contributed by atoms with Crippen LogP contribution >= 0.6 is 11.8 Å². The van der Waals surface area contributed by atoms with Crippen molar-refractivity contribution < 1.29 is 9.90 Å². The van der Waals surface area contributed by atoms with Crippen molar-refractivity contribution in [3.63, 3.8) is 0 Å². The van der Waals surface area contributed by atoms with Crippen molar-refractivity contribution in [3.8, 4) is 0 Å². The molecular weight excluding hydrogens is 238 g/mol. The molecule has 2 heterocycles. The predicted molar refractivity (Wildman–Crippen MR) is 65.1 cm³/mol. The number of nitrogens with zero attached hydrogens (tertiary/aromatic N) is 3. The van der Waals surface area contributed by atoms with Gasteiger partial charge < -0.3 is 9.67 Å². The van der Waals surface area contributed by atoms with Crippen molar-refractivity contribution in [1.29, 1.82) is 0 Å². The fraction of sp³-hybridized carbons (Fsp3) is 0.727. The fourth-order valence-electron chi connectivity index (χ4n) is 1.98. The van der Waals surface area contributed by atoms with Gasteiger partial charge in [0, 0.05) is 13.0 Å². The average molecular weight is 255 g/mol. The predicted octanol–water partition coefficient (Wildman–Crippen LogP) is 1.96. The number of carbonyl (C=O) groups is 1. The third kappa shape index (κ3) is 2.80. The Labute approximate surface area is 105 Å². The first kappa shape index (κ1) is 12.4.